The van der Waals surface area contributed by atoms with E-state index in [-0.39, 0.29) is 54.2 Å². The summed E-state index contributed by atoms with van der Waals surface area (Å²) in [6.45, 7) is 4.37. The maximum Gasteiger partial charge on any atom is 0.423 e. The Balaban J connectivity index is 1.51. The number of hydrogen-bond acceptors (Lipinski definition) is 8. The van der Waals surface area contributed by atoms with Crippen molar-refractivity contribution >= 4 is 93.5 Å². The summed E-state index contributed by atoms with van der Waals surface area (Å²) in [5.74, 6) is -6.31. The summed E-state index contributed by atoms with van der Waals surface area (Å²) >= 11 is 37.6. The molecule has 2 aromatic rings. The summed E-state index contributed by atoms with van der Waals surface area (Å²) in [7, 11) is 0. The van der Waals surface area contributed by atoms with Crippen molar-refractivity contribution in [3.8, 4) is 11.5 Å². The van der Waals surface area contributed by atoms with E-state index >= 15 is 0 Å². The summed E-state index contributed by atoms with van der Waals surface area (Å²) < 4.78 is 21.4. The molecule has 262 valence electrons. The lowest BCUT2D eigenvalue weighted by molar-refractivity contribution is -0.156. The smallest absolute Gasteiger partial charge is 0.423 e. The number of carbonyl (C=O) groups is 4. The van der Waals surface area contributed by atoms with Gasteiger partial charge < -0.3 is 18.9 Å². The van der Waals surface area contributed by atoms with Crippen LogP contribution in [0.3, 0.4) is 0 Å². The van der Waals surface area contributed by atoms with Gasteiger partial charge in [0.05, 0.1) is 43.3 Å². The molecule has 0 N–H and O–H groups in total. The van der Waals surface area contributed by atoms with Gasteiger partial charge in [0.25, 0.3) is 0 Å². The second-order valence-corrected chi connectivity index (χ2v) is 14.8. The maximum atomic E-state index is 13.2. The standard InChI is InChI=1S/C34H36Cl6O8/c1-3-33(9-5-6-10-33)13-15-45-29(41)23-25(39)19(35)17-21(37)27(23)47-31(43)32(44)48-28-22(38)18-20(36)26(40)24(28)30(42)46-16-14-34(4-2)11-7-8-12-34/h17-18H,3-16H2,1-2H3. The Bertz CT molecular complexity index is 1450. The zero-order valence-electron chi connectivity index (χ0n) is 26.6. The van der Waals surface area contributed by atoms with Crippen LogP contribution in [-0.2, 0) is 19.1 Å². The van der Waals surface area contributed by atoms with Gasteiger partial charge in [0.15, 0.2) is 11.5 Å². The molecular formula is C34H36Cl6O8. The molecule has 2 fully saturated rings. The molecule has 14 heteroatoms. The summed E-state index contributed by atoms with van der Waals surface area (Å²) in [6, 6.07) is 2.28. The van der Waals surface area contributed by atoms with Gasteiger partial charge in [0.2, 0.25) is 0 Å². The van der Waals surface area contributed by atoms with Gasteiger partial charge in [0.1, 0.15) is 11.1 Å². The first-order valence-corrected chi connectivity index (χ1v) is 18.2. The van der Waals surface area contributed by atoms with E-state index in [0.717, 1.165) is 76.3 Å². The van der Waals surface area contributed by atoms with Crippen molar-refractivity contribution in [2.75, 3.05) is 13.2 Å². The molecule has 0 aliphatic heterocycles. The number of rotatable bonds is 12. The van der Waals surface area contributed by atoms with Crippen LogP contribution in [-0.4, -0.2) is 37.1 Å². The first-order valence-electron chi connectivity index (χ1n) is 15.9. The van der Waals surface area contributed by atoms with Crippen LogP contribution in [0.2, 0.25) is 30.1 Å². The number of benzene rings is 2. The van der Waals surface area contributed by atoms with Crippen LogP contribution in [0.15, 0.2) is 12.1 Å². The summed E-state index contributed by atoms with van der Waals surface area (Å²) in [5, 5.41) is -1.42. The minimum Gasteiger partial charge on any atom is -0.462 e. The molecule has 0 bridgehead atoms. The zero-order valence-corrected chi connectivity index (χ0v) is 31.1. The van der Waals surface area contributed by atoms with E-state index in [0.29, 0.717) is 12.8 Å². The molecule has 0 amide bonds. The fourth-order valence-corrected chi connectivity index (χ4v) is 8.10. The van der Waals surface area contributed by atoms with E-state index in [9.17, 15) is 19.2 Å². The Hall–Kier alpha value is -1.94. The van der Waals surface area contributed by atoms with Gasteiger partial charge in [-0.1, -0.05) is 122 Å². The van der Waals surface area contributed by atoms with E-state index in [4.69, 9.17) is 88.6 Å². The lowest BCUT2D eigenvalue weighted by atomic mass is 9.80. The normalized spacial score (nSPS) is 16.4. The fraction of sp³-hybridized carbons (Fsp3) is 0.529. The predicted molar refractivity (Wildman–Crippen MR) is 186 cm³/mol. The molecule has 0 heterocycles. The van der Waals surface area contributed by atoms with Crippen molar-refractivity contribution in [2.24, 2.45) is 10.8 Å². The van der Waals surface area contributed by atoms with E-state index in [2.05, 4.69) is 13.8 Å². The van der Waals surface area contributed by atoms with E-state index < -0.39 is 46.5 Å². The monoisotopic (exact) mass is 782 g/mol. The molecule has 8 nitrogen and oxygen atoms in total. The Morgan fingerprint density at radius 1 is 0.583 bits per heavy atom. The Morgan fingerprint density at radius 2 is 0.917 bits per heavy atom. The molecule has 0 aromatic heterocycles. The molecule has 2 aromatic carbocycles. The molecule has 2 aliphatic rings. The highest BCUT2D eigenvalue weighted by Crippen LogP contribution is 2.46. The Kier molecular flexibility index (Phi) is 13.6. The average molecular weight is 785 g/mol. The SMILES string of the molecule is CCC1(CCOC(=O)c2c(Cl)c(Cl)cc(Cl)c2OC(=O)C(=O)Oc2c(Cl)cc(Cl)c(Cl)c2C(=O)OCCC2(CC)CCCC2)CCCC1. The van der Waals surface area contributed by atoms with Crippen LogP contribution in [0.25, 0.3) is 0 Å². The minimum absolute atomic E-state index is 0.0801. The average Bonchev–Trinajstić information content (AvgIpc) is 3.73. The molecule has 0 radical (unpaired) electrons. The van der Waals surface area contributed by atoms with Gasteiger partial charge >= 0.3 is 23.9 Å². The van der Waals surface area contributed by atoms with Crippen LogP contribution >= 0.6 is 69.6 Å². The van der Waals surface area contributed by atoms with Crippen molar-refractivity contribution < 1.29 is 38.1 Å². The molecule has 4 rings (SSSR count). The second kappa shape index (κ2) is 16.8. The number of halogens is 6. The van der Waals surface area contributed by atoms with E-state index in [1.807, 2.05) is 0 Å². The van der Waals surface area contributed by atoms with Gasteiger partial charge in [-0.2, -0.15) is 0 Å². The minimum atomic E-state index is -1.63. The first-order chi connectivity index (χ1) is 22.8. The fourth-order valence-electron chi connectivity index (χ4n) is 6.67. The van der Waals surface area contributed by atoms with Crippen LogP contribution in [0, 0.1) is 10.8 Å². The van der Waals surface area contributed by atoms with Crippen molar-refractivity contribution in [3.05, 3.63) is 53.4 Å². The quantitative estimate of drug-likeness (QED) is 0.0906. The second-order valence-electron chi connectivity index (χ2n) is 12.4. The molecule has 0 unspecified atom stereocenters. The number of hydrogen-bond donors (Lipinski definition) is 0. The summed E-state index contributed by atoms with van der Waals surface area (Å²) in [6.07, 6.45) is 11.8. The number of carbonyl (C=O) groups excluding carboxylic acids is 4. The highest BCUT2D eigenvalue weighted by atomic mass is 35.5. The van der Waals surface area contributed by atoms with Crippen LogP contribution in [0.5, 0.6) is 11.5 Å². The first kappa shape index (κ1) is 38.9. The van der Waals surface area contributed by atoms with Gasteiger partial charge in [-0.05, 0) is 61.5 Å². The molecule has 0 spiro atoms. The number of ether oxygens (including phenoxy) is 4. The third-order valence-corrected chi connectivity index (χ3v) is 11.9. The zero-order chi connectivity index (χ0) is 35.2. The van der Waals surface area contributed by atoms with Crippen molar-refractivity contribution in [2.45, 2.75) is 90.9 Å². The van der Waals surface area contributed by atoms with Crippen molar-refractivity contribution in [1.82, 2.24) is 0 Å². The topological polar surface area (TPSA) is 105 Å². The molecule has 0 atom stereocenters. The molecule has 2 saturated carbocycles. The Labute approximate surface area is 309 Å². The van der Waals surface area contributed by atoms with E-state index in [1.165, 1.54) is 0 Å². The van der Waals surface area contributed by atoms with Crippen molar-refractivity contribution in [1.29, 1.82) is 0 Å². The molecule has 2 aliphatic carbocycles. The van der Waals surface area contributed by atoms with Crippen molar-refractivity contribution in [3.63, 3.8) is 0 Å². The van der Waals surface area contributed by atoms with Gasteiger partial charge in [-0.3, -0.25) is 0 Å². The predicted octanol–water partition coefficient (Wildman–Crippen LogP) is 11.2. The third-order valence-electron chi connectivity index (χ3n) is 9.78. The highest BCUT2D eigenvalue weighted by Gasteiger charge is 2.35. The summed E-state index contributed by atoms with van der Waals surface area (Å²) in [4.78, 5) is 52.5. The molecule has 0 saturated heterocycles. The number of esters is 4. The lowest BCUT2D eigenvalue weighted by Crippen LogP contribution is -2.27. The summed E-state index contributed by atoms with van der Waals surface area (Å²) in [5.41, 5.74) is -0.729. The highest BCUT2D eigenvalue weighted by molar-refractivity contribution is 6.47. The van der Waals surface area contributed by atoms with Crippen LogP contribution < -0.4 is 9.47 Å². The van der Waals surface area contributed by atoms with Gasteiger partial charge in [0, 0.05) is 0 Å². The molecular weight excluding hydrogens is 749 g/mol. The van der Waals surface area contributed by atoms with Crippen LogP contribution in [0.4, 0.5) is 0 Å². The van der Waals surface area contributed by atoms with Crippen LogP contribution in [0.1, 0.15) is 112 Å². The van der Waals surface area contributed by atoms with Gasteiger partial charge in [-0.15, -0.1) is 0 Å². The molecule has 48 heavy (non-hydrogen) atoms. The lowest BCUT2D eigenvalue weighted by Gasteiger charge is -2.27. The third kappa shape index (κ3) is 8.85. The van der Waals surface area contributed by atoms with Gasteiger partial charge in [-0.25, -0.2) is 19.2 Å². The largest absolute Gasteiger partial charge is 0.462 e. The Morgan fingerprint density at radius 3 is 1.23 bits per heavy atom. The maximum absolute atomic E-state index is 13.2. The van der Waals surface area contributed by atoms with E-state index in [1.54, 1.807) is 0 Å².